The first-order chi connectivity index (χ1) is 15.1. The Bertz CT molecular complexity index is 1120. The molecule has 4 rings (SSSR count). The van der Waals surface area contributed by atoms with Crippen LogP contribution in [0.25, 0.3) is 11.3 Å². The summed E-state index contributed by atoms with van der Waals surface area (Å²) in [5.74, 6) is 1.82. The van der Waals surface area contributed by atoms with Gasteiger partial charge in [0, 0.05) is 11.6 Å². The van der Waals surface area contributed by atoms with E-state index in [1.165, 1.54) is 0 Å². The highest BCUT2D eigenvalue weighted by atomic mass is 127. The van der Waals surface area contributed by atoms with E-state index >= 15 is 0 Å². The molecule has 4 nitrogen and oxygen atoms in total. The molecule has 0 radical (unpaired) electrons. The highest BCUT2D eigenvalue weighted by molar-refractivity contribution is 14.1. The average molecular weight is 525 g/mol. The lowest BCUT2D eigenvalue weighted by atomic mass is 9.97. The molecule has 0 saturated heterocycles. The van der Waals surface area contributed by atoms with Crippen molar-refractivity contribution >= 4 is 22.6 Å². The highest BCUT2D eigenvalue weighted by Crippen LogP contribution is 2.40. The second-order valence-electron chi connectivity index (χ2n) is 7.60. The number of hydrogen-bond donors (Lipinski definition) is 0. The zero-order valence-electron chi connectivity index (χ0n) is 17.5. The van der Waals surface area contributed by atoms with Gasteiger partial charge in [-0.1, -0.05) is 79.7 Å². The number of ether oxygens (including phenoxy) is 2. The molecule has 0 saturated carbocycles. The molecule has 5 heteroatoms. The maximum absolute atomic E-state index is 6.26. The van der Waals surface area contributed by atoms with E-state index in [2.05, 4.69) is 71.9 Å². The third-order valence-electron chi connectivity index (χ3n) is 4.99. The van der Waals surface area contributed by atoms with Crippen molar-refractivity contribution in [2.75, 3.05) is 0 Å². The van der Waals surface area contributed by atoms with E-state index in [4.69, 9.17) is 14.0 Å². The Morgan fingerprint density at radius 2 is 1.42 bits per heavy atom. The van der Waals surface area contributed by atoms with Gasteiger partial charge in [-0.15, -0.1) is 0 Å². The van der Waals surface area contributed by atoms with Gasteiger partial charge in [-0.25, -0.2) is 0 Å². The predicted molar refractivity (Wildman–Crippen MR) is 130 cm³/mol. The summed E-state index contributed by atoms with van der Waals surface area (Å²) in [5.41, 5.74) is 5.02. The van der Waals surface area contributed by atoms with E-state index in [-0.39, 0.29) is 5.92 Å². The molecular weight excluding hydrogens is 501 g/mol. The molecule has 31 heavy (non-hydrogen) atoms. The zero-order valence-corrected chi connectivity index (χ0v) is 19.7. The van der Waals surface area contributed by atoms with Crippen LogP contribution in [0, 0.1) is 3.57 Å². The lowest BCUT2D eigenvalue weighted by Gasteiger charge is -2.19. The molecule has 0 aliphatic heterocycles. The van der Waals surface area contributed by atoms with Gasteiger partial charge in [-0.05, 0) is 51.3 Å². The van der Waals surface area contributed by atoms with Crippen LogP contribution in [-0.4, -0.2) is 5.16 Å². The highest BCUT2D eigenvalue weighted by Gasteiger charge is 2.20. The second kappa shape index (κ2) is 10.0. The van der Waals surface area contributed by atoms with Gasteiger partial charge in [0.1, 0.15) is 36.7 Å². The predicted octanol–water partition coefficient (Wildman–Crippen LogP) is 7.23. The van der Waals surface area contributed by atoms with Crippen LogP contribution in [0.15, 0.2) is 83.6 Å². The van der Waals surface area contributed by atoms with E-state index in [9.17, 15) is 0 Å². The van der Waals surface area contributed by atoms with Crippen LogP contribution in [0.5, 0.6) is 11.5 Å². The van der Waals surface area contributed by atoms with Crippen molar-refractivity contribution in [3.05, 3.63) is 99.3 Å². The summed E-state index contributed by atoms with van der Waals surface area (Å²) >= 11 is 2.23. The fourth-order valence-electron chi connectivity index (χ4n) is 3.33. The summed E-state index contributed by atoms with van der Waals surface area (Å²) in [6, 6.07) is 24.4. The van der Waals surface area contributed by atoms with Gasteiger partial charge in [0.25, 0.3) is 0 Å². The molecule has 0 spiro atoms. The van der Waals surface area contributed by atoms with Gasteiger partial charge in [0.15, 0.2) is 0 Å². The van der Waals surface area contributed by atoms with Crippen molar-refractivity contribution in [3.8, 4) is 22.8 Å². The first-order valence-electron chi connectivity index (χ1n) is 10.2. The Kier molecular flexibility index (Phi) is 6.92. The molecule has 0 fully saturated rings. The molecule has 0 unspecified atom stereocenters. The van der Waals surface area contributed by atoms with Crippen molar-refractivity contribution in [1.29, 1.82) is 0 Å². The first-order valence-corrected chi connectivity index (χ1v) is 11.3. The van der Waals surface area contributed by atoms with E-state index in [1.807, 2.05) is 42.5 Å². The SMILES string of the molecule is CC(C)c1cc(-c2nocc2I)c(OCc2ccccc2)cc1OCc1ccccc1. The summed E-state index contributed by atoms with van der Waals surface area (Å²) in [6.45, 7) is 5.28. The van der Waals surface area contributed by atoms with Gasteiger partial charge in [0.2, 0.25) is 0 Å². The van der Waals surface area contributed by atoms with Crippen LogP contribution in [0.4, 0.5) is 0 Å². The summed E-state index contributed by atoms with van der Waals surface area (Å²) in [7, 11) is 0. The number of halogens is 1. The topological polar surface area (TPSA) is 44.5 Å². The molecule has 158 valence electrons. The smallest absolute Gasteiger partial charge is 0.137 e. The third kappa shape index (κ3) is 5.28. The van der Waals surface area contributed by atoms with Crippen LogP contribution in [0.1, 0.15) is 36.5 Å². The van der Waals surface area contributed by atoms with Crippen molar-refractivity contribution in [2.24, 2.45) is 0 Å². The molecular formula is C26H24INO3. The lowest BCUT2D eigenvalue weighted by Crippen LogP contribution is -2.03. The van der Waals surface area contributed by atoms with Gasteiger partial charge < -0.3 is 14.0 Å². The van der Waals surface area contributed by atoms with E-state index in [0.717, 1.165) is 43.0 Å². The Labute approximate surface area is 196 Å². The zero-order chi connectivity index (χ0) is 21.6. The maximum Gasteiger partial charge on any atom is 0.137 e. The van der Waals surface area contributed by atoms with E-state index < -0.39 is 0 Å². The minimum atomic E-state index is 0.275. The van der Waals surface area contributed by atoms with Crippen molar-refractivity contribution in [3.63, 3.8) is 0 Å². The Morgan fingerprint density at radius 3 is 1.94 bits per heavy atom. The fraction of sp³-hybridized carbons (Fsp3) is 0.192. The van der Waals surface area contributed by atoms with Gasteiger partial charge in [-0.2, -0.15) is 0 Å². The standard InChI is InChI=1S/C26H24INO3/c1-18(2)21-13-22(26-23(27)17-31-28-26)25(30-16-20-11-7-4-8-12-20)14-24(21)29-15-19-9-5-3-6-10-19/h3-14,17-18H,15-16H2,1-2H3. The molecule has 0 bridgehead atoms. The molecule has 0 aliphatic rings. The molecule has 3 aromatic carbocycles. The van der Waals surface area contributed by atoms with Crippen LogP contribution in [0.2, 0.25) is 0 Å². The van der Waals surface area contributed by atoms with E-state index in [0.29, 0.717) is 13.2 Å². The Balaban J connectivity index is 1.71. The Morgan fingerprint density at radius 1 is 0.839 bits per heavy atom. The monoisotopic (exact) mass is 525 g/mol. The molecule has 4 aromatic rings. The number of aromatic nitrogens is 1. The minimum Gasteiger partial charge on any atom is -0.488 e. The molecule has 0 N–H and O–H groups in total. The fourth-order valence-corrected chi connectivity index (χ4v) is 3.83. The Hall–Kier alpha value is -2.80. The second-order valence-corrected chi connectivity index (χ2v) is 8.76. The quantitative estimate of drug-likeness (QED) is 0.228. The molecule has 0 aliphatic carbocycles. The van der Waals surface area contributed by atoms with Crippen LogP contribution < -0.4 is 9.47 Å². The number of rotatable bonds is 8. The number of hydrogen-bond acceptors (Lipinski definition) is 4. The van der Waals surface area contributed by atoms with E-state index in [1.54, 1.807) is 6.26 Å². The summed E-state index contributed by atoms with van der Waals surface area (Å²) in [4.78, 5) is 0. The van der Waals surface area contributed by atoms with Crippen LogP contribution in [-0.2, 0) is 13.2 Å². The third-order valence-corrected chi connectivity index (χ3v) is 5.76. The summed E-state index contributed by atoms with van der Waals surface area (Å²) < 4.78 is 18.7. The average Bonchev–Trinajstić information content (AvgIpc) is 3.23. The summed E-state index contributed by atoms with van der Waals surface area (Å²) in [6.07, 6.45) is 1.64. The minimum absolute atomic E-state index is 0.275. The first kappa shape index (κ1) is 21.4. The van der Waals surface area contributed by atoms with Gasteiger partial charge in [0.05, 0.1) is 3.57 Å². The van der Waals surface area contributed by atoms with Gasteiger partial charge >= 0.3 is 0 Å². The molecule has 0 amide bonds. The van der Waals surface area contributed by atoms with Crippen LogP contribution >= 0.6 is 22.6 Å². The largest absolute Gasteiger partial charge is 0.488 e. The lowest BCUT2D eigenvalue weighted by molar-refractivity contribution is 0.287. The van der Waals surface area contributed by atoms with Gasteiger partial charge in [-0.3, -0.25) is 0 Å². The summed E-state index contributed by atoms with van der Waals surface area (Å²) in [5, 5.41) is 4.22. The molecule has 1 heterocycles. The van der Waals surface area contributed by atoms with Crippen molar-refractivity contribution < 1.29 is 14.0 Å². The maximum atomic E-state index is 6.26. The van der Waals surface area contributed by atoms with Crippen molar-refractivity contribution in [1.82, 2.24) is 5.16 Å². The number of nitrogens with zero attached hydrogens (tertiary/aromatic N) is 1. The normalized spacial score (nSPS) is 11.0. The molecule has 0 atom stereocenters. The van der Waals surface area contributed by atoms with Crippen LogP contribution in [0.3, 0.4) is 0 Å². The van der Waals surface area contributed by atoms with Crippen molar-refractivity contribution in [2.45, 2.75) is 33.0 Å². The number of benzene rings is 3. The molecule has 1 aromatic heterocycles.